The number of hydrogen-bond donors (Lipinski definition) is 4. The van der Waals surface area contributed by atoms with E-state index in [1.807, 2.05) is 12.1 Å². The van der Waals surface area contributed by atoms with E-state index in [1.165, 1.54) is 14.2 Å². The van der Waals surface area contributed by atoms with E-state index in [-0.39, 0.29) is 36.5 Å². The number of aliphatic hydroxyl groups is 2. The van der Waals surface area contributed by atoms with E-state index in [2.05, 4.69) is 0 Å². The summed E-state index contributed by atoms with van der Waals surface area (Å²) in [7, 11) is 6.16. The predicted octanol–water partition coefficient (Wildman–Crippen LogP) is 6.41. The minimum atomic E-state index is -0.930. The Balaban J connectivity index is 1.15. The average Bonchev–Trinajstić information content (AvgIpc) is 3.60. The molecule has 0 aliphatic heterocycles. The third kappa shape index (κ3) is 7.78. The molecule has 1 fully saturated rings. The zero-order valence-electron chi connectivity index (χ0n) is 27.0. The standard InChI is InChI=1S/C37H42O10/c1-42-34-13-9-26(18-36(34)44-3)30(40)20-46-32-11-7-24(16-28(32)38)22-5-6-23(15-22)25-8-12-33(29(39)17-25)47-21-31(41)27-10-14-35(43-2)37(19-27)45-4/h7-14,16-19,22-23,30-31,38-41H,5-6,15,20-21H2,1-4H3/t22-,23+,30?,31?. The maximum atomic E-state index is 10.7. The largest absolute Gasteiger partial charge is 0.504 e. The smallest absolute Gasteiger partial charge is 0.161 e. The van der Waals surface area contributed by atoms with E-state index in [4.69, 9.17) is 28.4 Å². The van der Waals surface area contributed by atoms with E-state index in [0.29, 0.717) is 45.6 Å². The van der Waals surface area contributed by atoms with Crippen LogP contribution in [0.3, 0.4) is 0 Å². The average molecular weight is 647 g/mol. The summed E-state index contributed by atoms with van der Waals surface area (Å²) in [5.41, 5.74) is 3.22. The molecule has 0 heterocycles. The minimum absolute atomic E-state index is 0.0138. The number of benzene rings is 4. The normalized spacial score (nSPS) is 17.1. The van der Waals surface area contributed by atoms with Crippen molar-refractivity contribution in [3.8, 4) is 46.0 Å². The fourth-order valence-electron chi connectivity index (χ4n) is 6.06. The molecule has 0 amide bonds. The lowest BCUT2D eigenvalue weighted by Gasteiger charge is -2.18. The van der Waals surface area contributed by atoms with Gasteiger partial charge >= 0.3 is 0 Å². The molecule has 1 aliphatic carbocycles. The third-order valence-electron chi connectivity index (χ3n) is 8.72. The van der Waals surface area contributed by atoms with E-state index in [9.17, 15) is 20.4 Å². The van der Waals surface area contributed by atoms with Gasteiger partial charge in [0, 0.05) is 0 Å². The van der Waals surface area contributed by atoms with E-state index in [0.717, 1.165) is 30.4 Å². The molecule has 4 atom stereocenters. The quantitative estimate of drug-likeness (QED) is 0.122. The lowest BCUT2D eigenvalue weighted by molar-refractivity contribution is 0.106. The maximum absolute atomic E-state index is 10.7. The first kappa shape index (κ1) is 33.6. The number of phenolic OH excluding ortho intramolecular Hbond substituents is 2. The molecular weight excluding hydrogens is 604 g/mol. The second-order valence-electron chi connectivity index (χ2n) is 11.5. The minimum Gasteiger partial charge on any atom is -0.504 e. The summed E-state index contributed by atoms with van der Waals surface area (Å²) >= 11 is 0. The first-order valence-corrected chi connectivity index (χ1v) is 15.5. The first-order chi connectivity index (χ1) is 22.7. The van der Waals surface area contributed by atoms with Crippen molar-refractivity contribution in [3.63, 3.8) is 0 Å². The van der Waals surface area contributed by atoms with Gasteiger partial charge in [0.2, 0.25) is 0 Å². The summed E-state index contributed by atoms with van der Waals surface area (Å²) in [6, 6.07) is 21.1. The summed E-state index contributed by atoms with van der Waals surface area (Å²) in [4.78, 5) is 0. The van der Waals surface area contributed by atoms with Crippen LogP contribution in [0.4, 0.5) is 0 Å². The number of phenols is 2. The van der Waals surface area contributed by atoms with Crippen LogP contribution in [0, 0.1) is 0 Å². The second kappa shape index (κ2) is 15.2. The van der Waals surface area contributed by atoms with Crippen molar-refractivity contribution in [2.45, 2.75) is 43.3 Å². The maximum Gasteiger partial charge on any atom is 0.161 e. The number of aromatic hydroxyl groups is 2. The number of aliphatic hydroxyl groups excluding tert-OH is 2. The highest BCUT2D eigenvalue weighted by Gasteiger charge is 2.28. The molecule has 4 N–H and O–H groups in total. The van der Waals surface area contributed by atoms with Gasteiger partial charge in [-0.25, -0.2) is 0 Å². The first-order valence-electron chi connectivity index (χ1n) is 15.5. The van der Waals surface area contributed by atoms with Gasteiger partial charge in [-0.1, -0.05) is 24.3 Å². The van der Waals surface area contributed by atoms with Gasteiger partial charge in [-0.3, -0.25) is 0 Å². The predicted molar refractivity (Wildman–Crippen MR) is 176 cm³/mol. The van der Waals surface area contributed by atoms with Gasteiger partial charge in [0.15, 0.2) is 46.0 Å². The third-order valence-corrected chi connectivity index (χ3v) is 8.72. The van der Waals surface area contributed by atoms with Crippen LogP contribution >= 0.6 is 0 Å². The number of rotatable bonds is 14. The molecular formula is C37H42O10. The highest BCUT2D eigenvalue weighted by atomic mass is 16.5. The molecule has 4 aromatic carbocycles. The zero-order chi connectivity index (χ0) is 33.5. The summed E-state index contributed by atoms with van der Waals surface area (Å²) in [5, 5.41) is 42.7. The Morgan fingerprint density at radius 3 is 1.28 bits per heavy atom. The van der Waals surface area contributed by atoms with E-state index >= 15 is 0 Å². The van der Waals surface area contributed by atoms with Crippen molar-refractivity contribution in [2.75, 3.05) is 41.7 Å². The van der Waals surface area contributed by atoms with Crippen molar-refractivity contribution in [1.29, 1.82) is 0 Å². The van der Waals surface area contributed by atoms with E-state index < -0.39 is 12.2 Å². The molecule has 2 unspecified atom stereocenters. The highest BCUT2D eigenvalue weighted by Crippen LogP contribution is 2.46. The fourth-order valence-corrected chi connectivity index (χ4v) is 6.06. The lowest BCUT2D eigenvalue weighted by Crippen LogP contribution is -2.10. The lowest BCUT2D eigenvalue weighted by atomic mass is 9.92. The summed E-state index contributed by atoms with van der Waals surface area (Å²) < 4.78 is 32.6. The summed E-state index contributed by atoms with van der Waals surface area (Å²) in [6.07, 6.45) is 0.855. The molecule has 10 nitrogen and oxygen atoms in total. The molecule has 47 heavy (non-hydrogen) atoms. The van der Waals surface area contributed by atoms with Crippen molar-refractivity contribution in [2.24, 2.45) is 0 Å². The van der Waals surface area contributed by atoms with Gasteiger partial charge in [0.25, 0.3) is 0 Å². The molecule has 0 saturated heterocycles. The van der Waals surface area contributed by atoms with Crippen molar-refractivity contribution in [3.05, 3.63) is 95.1 Å². The summed E-state index contributed by atoms with van der Waals surface area (Å²) in [6.45, 7) is -0.0986. The Morgan fingerprint density at radius 1 is 0.532 bits per heavy atom. The molecule has 0 bridgehead atoms. The Kier molecular flexibility index (Phi) is 10.8. The molecule has 5 rings (SSSR count). The van der Waals surface area contributed by atoms with Crippen molar-refractivity contribution < 1.29 is 48.8 Å². The van der Waals surface area contributed by atoms with Crippen LogP contribution < -0.4 is 28.4 Å². The zero-order valence-corrected chi connectivity index (χ0v) is 27.0. The molecule has 0 aromatic heterocycles. The number of ether oxygens (including phenoxy) is 6. The second-order valence-corrected chi connectivity index (χ2v) is 11.5. The number of hydrogen-bond acceptors (Lipinski definition) is 10. The van der Waals surface area contributed by atoms with Crippen LogP contribution in [0.2, 0.25) is 0 Å². The number of methoxy groups -OCH3 is 4. The van der Waals surface area contributed by atoms with Crippen LogP contribution in [0.5, 0.6) is 46.0 Å². The molecule has 4 aromatic rings. The van der Waals surface area contributed by atoms with Crippen LogP contribution in [0.15, 0.2) is 72.8 Å². The molecule has 1 saturated carbocycles. The highest BCUT2D eigenvalue weighted by molar-refractivity contribution is 5.47. The van der Waals surface area contributed by atoms with Crippen molar-refractivity contribution >= 4 is 0 Å². The van der Waals surface area contributed by atoms with Gasteiger partial charge < -0.3 is 48.8 Å². The van der Waals surface area contributed by atoms with Crippen LogP contribution in [0.1, 0.15) is 65.6 Å². The van der Waals surface area contributed by atoms with Crippen LogP contribution in [-0.4, -0.2) is 62.1 Å². The van der Waals surface area contributed by atoms with Gasteiger partial charge in [-0.2, -0.15) is 0 Å². The Labute approximate surface area is 274 Å². The molecule has 0 radical (unpaired) electrons. The topological polar surface area (TPSA) is 136 Å². The van der Waals surface area contributed by atoms with Gasteiger partial charge in [-0.05, 0) is 102 Å². The Hall–Kier alpha value is -4.80. The van der Waals surface area contributed by atoms with Gasteiger partial charge in [0.1, 0.15) is 25.4 Å². The Morgan fingerprint density at radius 2 is 0.915 bits per heavy atom. The molecule has 250 valence electrons. The molecule has 10 heteroatoms. The summed E-state index contributed by atoms with van der Waals surface area (Å²) in [5.74, 6) is 3.21. The monoisotopic (exact) mass is 646 g/mol. The molecule has 0 spiro atoms. The van der Waals surface area contributed by atoms with Gasteiger partial charge in [-0.15, -0.1) is 0 Å². The SMILES string of the molecule is COc1ccc(C(O)COc2ccc([C@@H]3CC[C@H](c4ccc(OCC(O)c5ccc(OC)c(OC)c5)c(O)c4)C3)cc2O)cc1OC. The molecule has 1 aliphatic rings. The van der Waals surface area contributed by atoms with Gasteiger partial charge in [0.05, 0.1) is 28.4 Å². The van der Waals surface area contributed by atoms with Crippen LogP contribution in [0.25, 0.3) is 0 Å². The Bertz CT molecular complexity index is 1530. The van der Waals surface area contributed by atoms with Crippen molar-refractivity contribution in [1.82, 2.24) is 0 Å². The van der Waals surface area contributed by atoms with E-state index in [1.54, 1.807) is 74.9 Å². The van der Waals surface area contributed by atoms with Crippen LogP contribution in [-0.2, 0) is 0 Å². The fraction of sp³-hybridized carbons (Fsp3) is 0.351.